The predicted octanol–water partition coefficient (Wildman–Crippen LogP) is 4.04. The molecule has 0 radical (unpaired) electrons. The third-order valence-corrected chi connectivity index (χ3v) is 4.19. The molecule has 2 aromatic carbocycles. The van der Waals surface area contributed by atoms with Crippen molar-refractivity contribution >= 4 is 22.7 Å². The number of aryl methyl sites for hydroxylation is 1. The van der Waals surface area contributed by atoms with Gasteiger partial charge in [-0.2, -0.15) is 4.21 Å². The van der Waals surface area contributed by atoms with Crippen LogP contribution < -0.4 is 9.64 Å². The minimum Gasteiger partial charge on any atom is -0.453 e. The summed E-state index contributed by atoms with van der Waals surface area (Å²) < 4.78 is 30.1. The molecule has 23 heavy (non-hydrogen) atoms. The number of fused-ring (bicyclic) bond motifs is 2. The van der Waals surface area contributed by atoms with Gasteiger partial charge in [-0.05, 0) is 36.6 Å². The lowest BCUT2D eigenvalue weighted by Crippen LogP contribution is -2.24. The van der Waals surface area contributed by atoms with Crippen LogP contribution in [0.5, 0.6) is 11.5 Å². The lowest BCUT2D eigenvalue weighted by molar-refractivity contribution is 0.303. The standard InChI is InChI=1S/C17H19NO4S/c1-2-13-7-5-10-16-17(13)18(11-6-12-21-23(19)20)14-8-3-4-9-15(14)22-16/h3-5,7-10H,2,6,11-12H2,1H3,(H,19,20). The van der Waals surface area contributed by atoms with Crippen molar-refractivity contribution in [3.05, 3.63) is 48.0 Å². The zero-order chi connectivity index (χ0) is 16.2. The van der Waals surface area contributed by atoms with Gasteiger partial charge in [-0.1, -0.05) is 31.2 Å². The lowest BCUT2D eigenvalue weighted by atomic mass is 10.1. The Morgan fingerprint density at radius 2 is 1.96 bits per heavy atom. The van der Waals surface area contributed by atoms with E-state index in [1.807, 2.05) is 36.4 Å². The molecule has 1 N–H and O–H groups in total. The van der Waals surface area contributed by atoms with E-state index in [4.69, 9.17) is 13.5 Å². The normalized spacial score (nSPS) is 13.9. The third kappa shape index (κ3) is 3.39. The summed E-state index contributed by atoms with van der Waals surface area (Å²) >= 11 is -2.21. The summed E-state index contributed by atoms with van der Waals surface area (Å²) in [6, 6.07) is 14.0. The van der Waals surface area contributed by atoms with E-state index in [9.17, 15) is 4.21 Å². The van der Waals surface area contributed by atoms with Crippen molar-refractivity contribution in [1.29, 1.82) is 0 Å². The molecule has 122 valence electrons. The molecule has 0 saturated carbocycles. The number of rotatable bonds is 6. The molecule has 0 amide bonds. The smallest absolute Gasteiger partial charge is 0.301 e. The first-order valence-electron chi connectivity index (χ1n) is 7.61. The van der Waals surface area contributed by atoms with E-state index in [0.29, 0.717) is 13.0 Å². The van der Waals surface area contributed by atoms with Crippen molar-refractivity contribution in [1.82, 2.24) is 0 Å². The quantitative estimate of drug-likeness (QED) is 0.639. The van der Waals surface area contributed by atoms with Crippen LogP contribution in [0.4, 0.5) is 11.4 Å². The van der Waals surface area contributed by atoms with Gasteiger partial charge in [0.25, 0.3) is 0 Å². The van der Waals surface area contributed by atoms with Crippen LogP contribution in [0.15, 0.2) is 42.5 Å². The first kappa shape index (κ1) is 16.0. The molecular weight excluding hydrogens is 314 g/mol. The predicted molar refractivity (Wildman–Crippen MR) is 90.7 cm³/mol. The summed E-state index contributed by atoms with van der Waals surface area (Å²) in [5, 5.41) is 0. The Kier molecular flexibility index (Phi) is 4.95. The molecule has 2 aromatic rings. The van der Waals surface area contributed by atoms with Crippen LogP contribution in [-0.2, 0) is 22.0 Å². The topological polar surface area (TPSA) is 59.0 Å². The molecule has 1 aliphatic heterocycles. The highest BCUT2D eigenvalue weighted by Gasteiger charge is 2.25. The second kappa shape index (κ2) is 7.12. The minimum absolute atomic E-state index is 0.228. The average molecular weight is 333 g/mol. The number of nitrogens with zero attached hydrogens (tertiary/aromatic N) is 1. The summed E-state index contributed by atoms with van der Waals surface area (Å²) in [4.78, 5) is 2.21. The molecule has 1 heterocycles. The molecule has 1 unspecified atom stereocenters. The molecule has 1 aliphatic rings. The Hall–Kier alpha value is -1.89. The van der Waals surface area contributed by atoms with Gasteiger partial charge in [0.2, 0.25) is 0 Å². The fraction of sp³-hybridized carbons (Fsp3) is 0.294. The largest absolute Gasteiger partial charge is 0.453 e. The van der Waals surface area contributed by atoms with E-state index in [2.05, 4.69) is 17.9 Å². The van der Waals surface area contributed by atoms with E-state index in [1.54, 1.807) is 0 Å². The summed E-state index contributed by atoms with van der Waals surface area (Å²) in [6.45, 7) is 3.03. The maximum absolute atomic E-state index is 10.6. The molecule has 0 fully saturated rings. The number of para-hydroxylation sites is 3. The third-order valence-electron chi connectivity index (χ3n) is 3.82. The number of anilines is 2. The summed E-state index contributed by atoms with van der Waals surface area (Å²) in [7, 11) is 0. The Balaban J connectivity index is 1.92. The van der Waals surface area contributed by atoms with Crippen LogP contribution in [0.25, 0.3) is 0 Å². The van der Waals surface area contributed by atoms with Gasteiger partial charge in [-0.3, -0.25) is 8.74 Å². The van der Waals surface area contributed by atoms with Crippen LogP contribution in [0.2, 0.25) is 0 Å². The van der Waals surface area contributed by atoms with Gasteiger partial charge in [0.15, 0.2) is 11.5 Å². The zero-order valence-electron chi connectivity index (χ0n) is 12.9. The highest BCUT2D eigenvalue weighted by atomic mass is 32.2. The van der Waals surface area contributed by atoms with Crippen LogP contribution >= 0.6 is 0 Å². The highest BCUT2D eigenvalue weighted by molar-refractivity contribution is 7.74. The monoisotopic (exact) mass is 333 g/mol. The van der Waals surface area contributed by atoms with Gasteiger partial charge in [0.1, 0.15) is 0 Å². The Morgan fingerprint density at radius 3 is 2.74 bits per heavy atom. The van der Waals surface area contributed by atoms with Gasteiger partial charge >= 0.3 is 11.4 Å². The Morgan fingerprint density at radius 1 is 1.17 bits per heavy atom. The zero-order valence-corrected chi connectivity index (χ0v) is 13.7. The van der Waals surface area contributed by atoms with Crippen molar-refractivity contribution in [2.45, 2.75) is 19.8 Å². The minimum atomic E-state index is -2.21. The summed E-state index contributed by atoms with van der Waals surface area (Å²) in [5.41, 5.74) is 3.29. The molecule has 0 aliphatic carbocycles. The highest BCUT2D eigenvalue weighted by Crippen LogP contribution is 2.48. The van der Waals surface area contributed by atoms with Crippen LogP contribution in [0.1, 0.15) is 18.9 Å². The molecule has 3 rings (SSSR count). The maximum Gasteiger partial charge on any atom is 0.301 e. The summed E-state index contributed by atoms with van der Waals surface area (Å²) in [6.07, 6.45) is 1.54. The fourth-order valence-corrected chi connectivity index (χ4v) is 3.09. The van der Waals surface area contributed by atoms with Gasteiger partial charge in [-0.15, -0.1) is 0 Å². The second-order valence-electron chi connectivity index (χ2n) is 5.23. The van der Waals surface area contributed by atoms with E-state index < -0.39 is 11.4 Å². The number of hydrogen-bond acceptors (Lipinski definition) is 4. The number of ether oxygens (including phenoxy) is 1. The van der Waals surface area contributed by atoms with E-state index in [-0.39, 0.29) is 6.61 Å². The Bertz CT molecular complexity index is 719. The second-order valence-corrected chi connectivity index (χ2v) is 5.90. The van der Waals surface area contributed by atoms with E-state index in [1.165, 1.54) is 5.56 Å². The average Bonchev–Trinajstić information content (AvgIpc) is 2.56. The molecule has 5 nitrogen and oxygen atoms in total. The van der Waals surface area contributed by atoms with Crippen molar-refractivity contribution in [2.75, 3.05) is 18.1 Å². The molecule has 1 atom stereocenters. The van der Waals surface area contributed by atoms with Crippen molar-refractivity contribution in [2.24, 2.45) is 0 Å². The molecular formula is C17H19NO4S. The number of hydrogen-bond donors (Lipinski definition) is 1. The molecule has 0 spiro atoms. The first-order chi connectivity index (χ1) is 11.2. The lowest BCUT2D eigenvalue weighted by Gasteiger charge is -2.34. The van der Waals surface area contributed by atoms with Crippen molar-refractivity contribution < 1.29 is 17.7 Å². The van der Waals surface area contributed by atoms with Gasteiger partial charge in [0.05, 0.1) is 18.0 Å². The number of benzene rings is 2. The molecule has 0 aromatic heterocycles. The maximum atomic E-state index is 10.6. The van der Waals surface area contributed by atoms with E-state index in [0.717, 1.165) is 29.3 Å². The fourth-order valence-electron chi connectivity index (χ4n) is 2.83. The molecule has 6 heteroatoms. The van der Waals surface area contributed by atoms with E-state index >= 15 is 0 Å². The molecule has 0 bridgehead atoms. The summed E-state index contributed by atoms with van der Waals surface area (Å²) in [5.74, 6) is 1.66. The van der Waals surface area contributed by atoms with Gasteiger partial charge in [0, 0.05) is 6.54 Å². The van der Waals surface area contributed by atoms with Crippen LogP contribution in [0, 0.1) is 0 Å². The van der Waals surface area contributed by atoms with Crippen molar-refractivity contribution in [3.63, 3.8) is 0 Å². The van der Waals surface area contributed by atoms with Gasteiger partial charge < -0.3 is 9.64 Å². The van der Waals surface area contributed by atoms with Gasteiger partial charge in [-0.25, -0.2) is 0 Å². The first-order valence-corrected chi connectivity index (χ1v) is 8.64. The van der Waals surface area contributed by atoms with Crippen LogP contribution in [-0.4, -0.2) is 21.9 Å². The van der Waals surface area contributed by atoms with Crippen LogP contribution in [0.3, 0.4) is 0 Å². The Labute approximate surface area is 138 Å². The van der Waals surface area contributed by atoms with Crippen molar-refractivity contribution in [3.8, 4) is 11.5 Å². The molecule has 0 saturated heterocycles. The SMILES string of the molecule is CCc1cccc2c1N(CCCOS(=O)O)c1ccccc1O2.